The van der Waals surface area contributed by atoms with Crippen LogP contribution in [0.4, 0.5) is 11.4 Å². The summed E-state index contributed by atoms with van der Waals surface area (Å²) < 4.78 is 10.9. The van der Waals surface area contributed by atoms with Crippen molar-refractivity contribution in [2.24, 2.45) is 0 Å². The van der Waals surface area contributed by atoms with Gasteiger partial charge in [-0.3, -0.25) is 20.4 Å². The normalized spacial score (nSPS) is 13.2. The lowest BCUT2D eigenvalue weighted by Gasteiger charge is -2.29. The lowest BCUT2D eigenvalue weighted by atomic mass is 9.98. The van der Waals surface area contributed by atoms with Gasteiger partial charge in [-0.25, -0.2) is 0 Å². The van der Waals surface area contributed by atoms with Gasteiger partial charge in [-0.05, 0) is 78.1 Å². The van der Waals surface area contributed by atoms with Crippen LogP contribution in [-0.4, -0.2) is 43.3 Å². The summed E-state index contributed by atoms with van der Waals surface area (Å²) in [4.78, 5) is 14.8. The number of carbonyl (C=O) groups is 1. The van der Waals surface area contributed by atoms with Crippen molar-refractivity contribution < 1.29 is 19.5 Å². The predicted octanol–water partition coefficient (Wildman–Crippen LogP) is 4.16. The molecule has 3 N–H and O–H groups in total. The van der Waals surface area contributed by atoms with Gasteiger partial charge in [0.15, 0.2) is 11.5 Å². The molecule has 1 aliphatic rings. The minimum Gasteiger partial charge on any atom is -0.493 e. The van der Waals surface area contributed by atoms with Gasteiger partial charge < -0.3 is 14.8 Å². The Hall–Kier alpha value is -3.55. The van der Waals surface area contributed by atoms with Crippen molar-refractivity contribution in [2.45, 2.75) is 19.4 Å². The van der Waals surface area contributed by atoms with Gasteiger partial charge in [-0.15, -0.1) is 0 Å². The van der Waals surface area contributed by atoms with Crippen LogP contribution in [0.3, 0.4) is 0 Å². The monoisotopic (exact) mass is 446 g/mol. The maximum Gasteiger partial charge on any atom is 0.256 e. The molecule has 4 rings (SSSR count). The van der Waals surface area contributed by atoms with E-state index in [1.165, 1.54) is 22.8 Å². The van der Waals surface area contributed by atoms with Crippen LogP contribution in [0.1, 0.15) is 27.0 Å². The van der Waals surface area contributed by atoms with Crippen LogP contribution in [0.15, 0.2) is 54.6 Å². The number of nitrogens with one attached hydrogen (secondary N) is 2. The van der Waals surface area contributed by atoms with Gasteiger partial charge in [-0.2, -0.15) is 0 Å². The molecule has 3 aromatic rings. The van der Waals surface area contributed by atoms with Crippen molar-refractivity contribution in [3.8, 4) is 11.5 Å². The Morgan fingerprint density at radius 3 is 2.36 bits per heavy atom. The third-order valence-corrected chi connectivity index (χ3v) is 5.91. The molecule has 0 unspecified atom stereocenters. The van der Waals surface area contributed by atoms with Gasteiger partial charge in [-0.1, -0.05) is 12.1 Å². The molecule has 33 heavy (non-hydrogen) atoms. The lowest BCUT2D eigenvalue weighted by Crippen LogP contribution is -2.32. The minimum atomic E-state index is -0.244. The minimum absolute atomic E-state index is 0.244. The first kappa shape index (κ1) is 22.6. The Bertz CT molecular complexity index is 1100. The standard InChI is InChI=1S/C26H28N3O4/c1-32-24-15-20-12-14-29(17-21(20)16-25(24)33-2)13-11-18-3-7-22(8-4-18)27-26(30)19-5-9-23(28-31)10-6-19/h3-5,7-10,15-16,28,31H,11-14,17H2,1-2H3,(H,27,30). The van der Waals surface area contributed by atoms with Crippen molar-refractivity contribution in [3.05, 3.63) is 82.9 Å². The van der Waals surface area contributed by atoms with E-state index in [-0.39, 0.29) is 5.91 Å². The first-order valence-electron chi connectivity index (χ1n) is 10.9. The number of nitrogens with zero attached hydrogens (tertiary/aromatic N) is 1. The fourth-order valence-corrected chi connectivity index (χ4v) is 4.01. The third-order valence-electron chi connectivity index (χ3n) is 5.91. The van der Waals surface area contributed by atoms with E-state index < -0.39 is 0 Å². The zero-order chi connectivity index (χ0) is 23.2. The predicted molar refractivity (Wildman–Crippen MR) is 127 cm³/mol. The van der Waals surface area contributed by atoms with Crippen molar-refractivity contribution in [3.63, 3.8) is 0 Å². The molecule has 0 atom stereocenters. The van der Waals surface area contributed by atoms with Crippen LogP contribution in [0, 0.1) is 6.07 Å². The number of anilines is 2. The molecule has 0 saturated heterocycles. The molecule has 1 heterocycles. The Morgan fingerprint density at radius 2 is 1.73 bits per heavy atom. The number of carbonyl (C=O) groups excluding carboxylic acids is 1. The molecule has 1 aliphatic heterocycles. The number of amides is 1. The highest BCUT2D eigenvalue weighted by atomic mass is 16.5. The number of fused-ring (bicyclic) bond motifs is 1. The maximum absolute atomic E-state index is 12.4. The van der Waals surface area contributed by atoms with Crippen LogP contribution in [0.25, 0.3) is 0 Å². The second-order valence-electron chi connectivity index (χ2n) is 8.01. The summed E-state index contributed by atoms with van der Waals surface area (Å²) >= 11 is 0. The Morgan fingerprint density at radius 1 is 1.03 bits per heavy atom. The Balaban J connectivity index is 1.31. The lowest BCUT2D eigenvalue weighted by molar-refractivity contribution is 0.102. The van der Waals surface area contributed by atoms with Gasteiger partial charge in [0.1, 0.15) is 0 Å². The number of hydrogen-bond donors (Lipinski definition) is 3. The molecule has 0 bridgehead atoms. The number of rotatable bonds is 8. The van der Waals surface area contributed by atoms with Crippen LogP contribution in [-0.2, 0) is 19.4 Å². The van der Waals surface area contributed by atoms with Crippen LogP contribution in [0.5, 0.6) is 11.5 Å². The van der Waals surface area contributed by atoms with Crippen LogP contribution < -0.4 is 20.3 Å². The summed E-state index contributed by atoms with van der Waals surface area (Å²) in [6.07, 6.45) is 1.92. The molecule has 0 saturated carbocycles. The van der Waals surface area contributed by atoms with Crippen LogP contribution in [0.2, 0.25) is 0 Å². The van der Waals surface area contributed by atoms with Gasteiger partial charge in [0.2, 0.25) is 0 Å². The Labute approximate surface area is 193 Å². The number of hydrogen-bond acceptors (Lipinski definition) is 6. The zero-order valence-corrected chi connectivity index (χ0v) is 18.9. The molecule has 0 fully saturated rings. The summed E-state index contributed by atoms with van der Waals surface area (Å²) in [5, 5.41) is 11.7. The summed E-state index contributed by atoms with van der Waals surface area (Å²) in [6.45, 7) is 2.86. The number of methoxy groups -OCH3 is 2. The van der Waals surface area contributed by atoms with Crippen LogP contribution >= 0.6 is 0 Å². The zero-order valence-electron chi connectivity index (χ0n) is 18.9. The Kier molecular flexibility index (Phi) is 7.12. The van der Waals surface area contributed by atoms with E-state index in [9.17, 15) is 4.79 Å². The van der Waals surface area contributed by atoms with Crippen molar-refractivity contribution in [1.29, 1.82) is 0 Å². The van der Waals surface area contributed by atoms with Gasteiger partial charge in [0.05, 0.1) is 19.9 Å². The molecular formula is C26H28N3O4. The van der Waals surface area contributed by atoms with E-state index in [0.717, 1.165) is 49.7 Å². The van der Waals surface area contributed by atoms with Gasteiger partial charge in [0, 0.05) is 30.9 Å². The van der Waals surface area contributed by atoms with E-state index in [0.29, 0.717) is 11.3 Å². The van der Waals surface area contributed by atoms with Gasteiger partial charge >= 0.3 is 0 Å². The number of ether oxygens (including phenoxy) is 2. The van der Waals surface area contributed by atoms with Gasteiger partial charge in [0.25, 0.3) is 5.91 Å². The van der Waals surface area contributed by atoms with E-state index in [1.54, 1.807) is 26.4 Å². The number of benzene rings is 3. The average Bonchev–Trinajstić information content (AvgIpc) is 2.87. The molecule has 1 radical (unpaired) electrons. The molecule has 0 aliphatic carbocycles. The fourth-order valence-electron chi connectivity index (χ4n) is 4.01. The third kappa shape index (κ3) is 5.45. The molecule has 0 spiro atoms. The largest absolute Gasteiger partial charge is 0.493 e. The SMILES string of the molecule is COc1cc2c(cc1OC)CN(CCc1ccc(NC(=O)c3[c]cc(NO)cc3)cc1)CC2. The average molecular weight is 447 g/mol. The molecule has 7 heteroatoms. The first-order chi connectivity index (χ1) is 16.1. The van der Waals surface area contributed by atoms with Crippen molar-refractivity contribution >= 4 is 17.3 Å². The van der Waals surface area contributed by atoms with E-state index in [4.69, 9.17) is 14.7 Å². The maximum atomic E-state index is 12.4. The molecule has 1 amide bonds. The molecule has 7 nitrogen and oxygen atoms in total. The van der Waals surface area contributed by atoms with E-state index >= 15 is 0 Å². The van der Waals surface area contributed by atoms with Crippen molar-refractivity contribution in [2.75, 3.05) is 38.1 Å². The molecule has 3 aromatic carbocycles. The second kappa shape index (κ2) is 10.4. The highest BCUT2D eigenvalue weighted by Crippen LogP contribution is 2.33. The fraction of sp³-hybridized carbons (Fsp3) is 0.269. The van der Waals surface area contributed by atoms with Crippen molar-refractivity contribution in [1.82, 2.24) is 4.90 Å². The molecule has 171 valence electrons. The summed E-state index contributed by atoms with van der Waals surface area (Å²) in [5.74, 6) is 1.31. The van der Waals surface area contributed by atoms with E-state index in [1.807, 2.05) is 29.7 Å². The highest BCUT2D eigenvalue weighted by molar-refractivity contribution is 6.04. The highest BCUT2D eigenvalue weighted by Gasteiger charge is 2.19. The summed E-state index contributed by atoms with van der Waals surface area (Å²) in [5.41, 5.74) is 7.46. The molecular weight excluding hydrogens is 418 g/mol. The summed E-state index contributed by atoms with van der Waals surface area (Å²) in [7, 11) is 3.33. The smallest absolute Gasteiger partial charge is 0.256 e. The summed E-state index contributed by atoms with van der Waals surface area (Å²) in [6, 6.07) is 19.7. The topological polar surface area (TPSA) is 83.1 Å². The quantitative estimate of drug-likeness (QED) is 0.451. The second-order valence-corrected chi connectivity index (χ2v) is 8.01. The first-order valence-corrected chi connectivity index (χ1v) is 10.9. The molecule has 0 aromatic heterocycles. The van der Waals surface area contributed by atoms with E-state index in [2.05, 4.69) is 28.4 Å².